The highest BCUT2D eigenvalue weighted by atomic mass is 79.9. The molecule has 0 aromatic heterocycles. The number of carbonyl (C=O) groups is 1. The lowest BCUT2D eigenvalue weighted by Crippen LogP contribution is -2.07. The zero-order valence-electron chi connectivity index (χ0n) is 17.5. The van der Waals surface area contributed by atoms with E-state index in [1.54, 1.807) is 30.3 Å². The van der Waals surface area contributed by atoms with E-state index in [9.17, 15) is 9.18 Å². The van der Waals surface area contributed by atoms with Crippen molar-refractivity contribution in [3.05, 3.63) is 97.8 Å². The Balaban J connectivity index is 1.62. The summed E-state index contributed by atoms with van der Waals surface area (Å²) in [6.07, 6.45) is 1.56. The summed E-state index contributed by atoms with van der Waals surface area (Å²) in [5.74, 6) is -0.180. The van der Waals surface area contributed by atoms with E-state index in [-0.39, 0.29) is 17.2 Å². The molecule has 0 fully saturated rings. The standard InChI is InChI=1S/C25H18Br2FNO4/c1-2-31-22-13-16(11-19(27)23(22)32-14-15-6-5-7-17(26)10-15)12-21-25(30)33-24(29-21)18-8-3-4-9-20(18)28/h3-13H,2,14H2,1H3/b21-12-. The predicted octanol–water partition coefficient (Wildman–Crippen LogP) is 6.67. The Kier molecular flexibility index (Phi) is 7.25. The maximum atomic E-state index is 14.0. The maximum absolute atomic E-state index is 14.0. The Labute approximate surface area is 207 Å². The van der Waals surface area contributed by atoms with Crippen LogP contribution in [0.15, 0.2) is 80.3 Å². The number of carbonyl (C=O) groups excluding carboxylic acids is 1. The molecule has 0 amide bonds. The first-order valence-corrected chi connectivity index (χ1v) is 11.6. The summed E-state index contributed by atoms with van der Waals surface area (Å²) >= 11 is 6.99. The molecule has 0 unspecified atom stereocenters. The summed E-state index contributed by atoms with van der Waals surface area (Å²) in [5.41, 5.74) is 1.83. The summed E-state index contributed by atoms with van der Waals surface area (Å²) in [6.45, 7) is 2.65. The van der Waals surface area contributed by atoms with Crippen LogP contribution in [-0.4, -0.2) is 18.5 Å². The third-order valence-corrected chi connectivity index (χ3v) is 5.71. The van der Waals surface area contributed by atoms with E-state index in [0.29, 0.717) is 34.7 Å². The lowest BCUT2D eigenvalue weighted by molar-refractivity contribution is -0.129. The summed E-state index contributed by atoms with van der Waals surface area (Å²) in [5, 5.41) is 0. The van der Waals surface area contributed by atoms with Crippen molar-refractivity contribution in [3.63, 3.8) is 0 Å². The van der Waals surface area contributed by atoms with Crippen LogP contribution in [0.1, 0.15) is 23.6 Å². The van der Waals surface area contributed by atoms with E-state index in [1.165, 1.54) is 12.1 Å². The molecule has 0 saturated heterocycles. The third-order valence-electron chi connectivity index (χ3n) is 4.63. The zero-order chi connectivity index (χ0) is 23.4. The summed E-state index contributed by atoms with van der Waals surface area (Å²) in [4.78, 5) is 16.5. The Bertz CT molecular complexity index is 1270. The predicted molar refractivity (Wildman–Crippen MR) is 131 cm³/mol. The van der Waals surface area contributed by atoms with Crippen LogP contribution >= 0.6 is 31.9 Å². The van der Waals surface area contributed by atoms with Crippen LogP contribution in [0, 0.1) is 5.82 Å². The molecule has 4 rings (SSSR count). The maximum Gasteiger partial charge on any atom is 0.363 e. The molecule has 3 aromatic carbocycles. The first-order chi connectivity index (χ1) is 15.9. The molecule has 0 N–H and O–H groups in total. The van der Waals surface area contributed by atoms with Gasteiger partial charge in [-0.3, -0.25) is 0 Å². The number of hydrogen-bond donors (Lipinski definition) is 0. The fraction of sp³-hybridized carbons (Fsp3) is 0.120. The highest BCUT2D eigenvalue weighted by Gasteiger charge is 2.26. The third kappa shape index (κ3) is 5.51. The summed E-state index contributed by atoms with van der Waals surface area (Å²) in [7, 11) is 0. The molecule has 1 heterocycles. The smallest absolute Gasteiger partial charge is 0.363 e. The largest absolute Gasteiger partial charge is 0.490 e. The average molecular weight is 575 g/mol. The van der Waals surface area contributed by atoms with Crippen LogP contribution in [0.2, 0.25) is 0 Å². The average Bonchev–Trinajstić information content (AvgIpc) is 3.13. The van der Waals surface area contributed by atoms with Crippen molar-refractivity contribution >= 4 is 49.8 Å². The van der Waals surface area contributed by atoms with Crippen LogP contribution in [-0.2, 0) is 16.1 Å². The quantitative estimate of drug-likeness (QED) is 0.233. The van der Waals surface area contributed by atoms with Crippen LogP contribution in [0.3, 0.4) is 0 Å². The molecule has 0 radical (unpaired) electrons. The van der Waals surface area contributed by atoms with Crippen molar-refractivity contribution in [1.82, 2.24) is 0 Å². The van der Waals surface area contributed by atoms with E-state index in [4.69, 9.17) is 14.2 Å². The van der Waals surface area contributed by atoms with Gasteiger partial charge in [-0.1, -0.05) is 40.2 Å². The van der Waals surface area contributed by atoms with Gasteiger partial charge in [0.15, 0.2) is 17.2 Å². The Hall–Kier alpha value is -2.97. The second kappa shape index (κ2) is 10.3. The minimum atomic E-state index is -0.655. The number of nitrogens with zero attached hydrogens (tertiary/aromatic N) is 1. The first-order valence-electron chi connectivity index (χ1n) is 10.1. The van der Waals surface area contributed by atoms with Gasteiger partial charge in [-0.2, -0.15) is 0 Å². The van der Waals surface area contributed by atoms with Crippen molar-refractivity contribution in [2.75, 3.05) is 6.61 Å². The monoisotopic (exact) mass is 573 g/mol. The van der Waals surface area contributed by atoms with Gasteiger partial charge in [-0.15, -0.1) is 0 Å². The highest BCUT2D eigenvalue weighted by molar-refractivity contribution is 9.10. The molecule has 0 saturated carbocycles. The van der Waals surface area contributed by atoms with E-state index >= 15 is 0 Å². The van der Waals surface area contributed by atoms with Gasteiger partial charge in [-0.05, 0) is 76.5 Å². The molecule has 33 heavy (non-hydrogen) atoms. The van der Waals surface area contributed by atoms with Gasteiger partial charge < -0.3 is 14.2 Å². The van der Waals surface area contributed by atoms with Gasteiger partial charge in [0.2, 0.25) is 5.90 Å². The zero-order valence-corrected chi connectivity index (χ0v) is 20.7. The highest BCUT2D eigenvalue weighted by Crippen LogP contribution is 2.38. The molecule has 1 aliphatic rings. The number of hydrogen-bond acceptors (Lipinski definition) is 5. The van der Waals surface area contributed by atoms with E-state index in [2.05, 4.69) is 36.9 Å². The second-order valence-corrected chi connectivity index (χ2v) is 8.77. The normalized spacial score (nSPS) is 14.2. The minimum Gasteiger partial charge on any atom is -0.490 e. The van der Waals surface area contributed by atoms with E-state index in [0.717, 1.165) is 10.0 Å². The lowest BCUT2D eigenvalue weighted by Gasteiger charge is -2.15. The molecular formula is C25H18Br2FNO4. The first kappa shape index (κ1) is 23.2. The van der Waals surface area contributed by atoms with Gasteiger partial charge in [0, 0.05) is 4.47 Å². The van der Waals surface area contributed by atoms with Gasteiger partial charge in [0.1, 0.15) is 12.4 Å². The number of halogens is 3. The van der Waals surface area contributed by atoms with Crippen molar-refractivity contribution in [2.45, 2.75) is 13.5 Å². The number of cyclic esters (lactones) is 1. The number of benzene rings is 3. The van der Waals surface area contributed by atoms with Crippen molar-refractivity contribution in [3.8, 4) is 11.5 Å². The number of ether oxygens (including phenoxy) is 3. The van der Waals surface area contributed by atoms with E-state index < -0.39 is 11.8 Å². The molecule has 0 spiro atoms. The van der Waals surface area contributed by atoms with Crippen LogP contribution in [0.25, 0.3) is 6.08 Å². The molecule has 5 nitrogen and oxygen atoms in total. The van der Waals surface area contributed by atoms with Gasteiger partial charge >= 0.3 is 5.97 Å². The fourth-order valence-corrected chi connectivity index (χ4v) is 4.19. The molecule has 168 valence electrons. The van der Waals surface area contributed by atoms with Gasteiger partial charge in [-0.25, -0.2) is 14.2 Å². The van der Waals surface area contributed by atoms with Gasteiger partial charge in [0.05, 0.1) is 16.6 Å². The molecular weight excluding hydrogens is 557 g/mol. The number of esters is 1. The summed E-state index contributed by atoms with van der Waals surface area (Å²) < 4.78 is 32.6. The SMILES string of the molecule is CCOc1cc(/C=C2\N=C(c3ccccc3F)OC2=O)cc(Br)c1OCc1cccc(Br)c1. The molecule has 1 aliphatic heterocycles. The number of rotatable bonds is 7. The van der Waals surface area contributed by atoms with Crippen molar-refractivity contribution in [2.24, 2.45) is 4.99 Å². The minimum absolute atomic E-state index is 0.0606. The molecule has 0 bridgehead atoms. The summed E-state index contributed by atoms with van der Waals surface area (Å²) in [6, 6.07) is 17.4. The lowest BCUT2D eigenvalue weighted by atomic mass is 10.1. The topological polar surface area (TPSA) is 57.1 Å². The number of aliphatic imine (C=N–C) groups is 1. The van der Waals surface area contributed by atoms with Crippen LogP contribution in [0.4, 0.5) is 4.39 Å². The molecule has 0 aliphatic carbocycles. The molecule has 3 aromatic rings. The van der Waals surface area contributed by atoms with Gasteiger partial charge in [0.25, 0.3) is 0 Å². The molecule has 8 heteroatoms. The van der Waals surface area contributed by atoms with Crippen molar-refractivity contribution in [1.29, 1.82) is 0 Å². The fourth-order valence-electron chi connectivity index (χ4n) is 3.17. The van der Waals surface area contributed by atoms with Crippen LogP contribution < -0.4 is 9.47 Å². The van der Waals surface area contributed by atoms with Crippen molar-refractivity contribution < 1.29 is 23.4 Å². The second-order valence-electron chi connectivity index (χ2n) is 7.00. The molecule has 0 atom stereocenters. The Morgan fingerprint density at radius 2 is 1.88 bits per heavy atom. The van der Waals surface area contributed by atoms with E-state index in [1.807, 2.05) is 31.2 Å². The Morgan fingerprint density at radius 1 is 1.06 bits per heavy atom. The Morgan fingerprint density at radius 3 is 2.64 bits per heavy atom. The van der Waals surface area contributed by atoms with Crippen LogP contribution in [0.5, 0.6) is 11.5 Å².